The molecule has 0 saturated heterocycles. The third-order valence-electron chi connectivity index (χ3n) is 4.49. The van der Waals surface area contributed by atoms with Crippen LogP contribution in [0.5, 0.6) is 0 Å². The molecule has 0 radical (unpaired) electrons. The Morgan fingerprint density at radius 2 is 1.78 bits per heavy atom. The van der Waals surface area contributed by atoms with Gasteiger partial charge in [0.05, 0.1) is 4.90 Å². The van der Waals surface area contributed by atoms with Crippen LogP contribution in [0.3, 0.4) is 0 Å². The van der Waals surface area contributed by atoms with E-state index in [-0.39, 0.29) is 0 Å². The zero-order valence-corrected chi connectivity index (χ0v) is 14.4. The summed E-state index contributed by atoms with van der Waals surface area (Å²) in [4.78, 5) is 0.368. The zero-order valence-electron chi connectivity index (χ0n) is 13.6. The summed E-state index contributed by atoms with van der Waals surface area (Å²) in [5.41, 5.74) is 6.86. The van der Waals surface area contributed by atoms with Crippen molar-refractivity contribution in [1.29, 1.82) is 0 Å². The van der Waals surface area contributed by atoms with Crippen molar-refractivity contribution in [3.63, 3.8) is 0 Å². The Morgan fingerprint density at radius 3 is 2.48 bits per heavy atom. The second kappa shape index (κ2) is 6.88. The van der Waals surface area contributed by atoms with E-state index in [9.17, 15) is 8.42 Å². The highest BCUT2D eigenvalue weighted by molar-refractivity contribution is 7.89. The van der Waals surface area contributed by atoms with Gasteiger partial charge in [-0.15, -0.1) is 5.73 Å². The van der Waals surface area contributed by atoms with Crippen molar-refractivity contribution in [3.05, 3.63) is 58.9 Å². The van der Waals surface area contributed by atoms with E-state index in [1.165, 1.54) is 29.1 Å². The van der Waals surface area contributed by atoms with Gasteiger partial charge in [0.15, 0.2) is 0 Å². The van der Waals surface area contributed by atoms with Gasteiger partial charge in [-0.1, -0.05) is 30.2 Å². The highest BCUT2D eigenvalue weighted by Crippen LogP contribution is 2.24. The van der Waals surface area contributed by atoms with Crippen molar-refractivity contribution in [2.45, 2.75) is 43.9 Å². The Labute approximate surface area is 139 Å². The summed E-state index contributed by atoms with van der Waals surface area (Å²) >= 11 is 0. The number of nitrogens with zero attached hydrogens (tertiary/aromatic N) is 1. The van der Waals surface area contributed by atoms with Crippen LogP contribution < -0.4 is 0 Å². The molecule has 2 aliphatic rings. The Balaban J connectivity index is 1.71. The van der Waals surface area contributed by atoms with Gasteiger partial charge in [0.25, 0.3) is 0 Å². The van der Waals surface area contributed by atoms with Crippen LogP contribution in [-0.4, -0.2) is 25.8 Å². The Hall–Kier alpha value is -1.61. The topological polar surface area (TPSA) is 37.4 Å². The van der Waals surface area contributed by atoms with Crippen LogP contribution in [0.2, 0.25) is 0 Å². The molecule has 0 unspecified atom stereocenters. The van der Waals surface area contributed by atoms with Crippen molar-refractivity contribution in [2.75, 3.05) is 13.1 Å². The first-order valence-electron chi connectivity index (χ1n) is 8.26. The van der Waals surface area contributed by atoms with Gasteiger partial charge in [-0.25, -0.2) is 8.42 Å². The second-order valence-corrected chi connectivity index (χ2v) is 8.28. The van der Waals surface area contributed by atoms with Crippen LogP contribution in [0.25, 0.3) is 0 Å². The highest BCUT2D eigenvalue weighted by atomic mass is 32.2. The van der Waals surface area contributed by atoms with E-state index < -0.39 is 10.0 Å². The van der Waals surface area contributed by atoms with Crippen LogP contribution in [0.4, 0.5) is 0 Å². The smallest absolute Gasteiger partial charge is 0.207 e. The van der Waals surface area contributed by atoms with Crippen LogP contribution in [0, 0.1) is 6.92 Å². The van der Waals surface area contributed by atoms with Gasteiger partial charge >= 0.3 is 0 Å². The van der Waals surface area contributed by atoms with Crippen LogP contribution in [0.1, 0.15) is 37.7 Å². The maximum Gasteiger partial charge on any atom is 0.243 e. The molecule has 1 saturated carbocycles. The number of hydrogen-bond acceptors (Lipinski definition) is 2. The molecule has 0 amide bonds. The standard InChI is InChI=1S/C19H23NO2S/c1-16-7-11-19(12-8-16)23(21,22)20-14-13-18(15-20)10-9-17-5-3-2-4-6-17/h7-8,10-13H,2-6,14-15H2,1H3. The molecule has 4 heteroatoms. The predicted molar refractivity (Wildman–Crippen MR) is 92.7 cm³/mol. The summed E-state index contributed by atoms with van der Waals surface area (Å²) in [7, 11) is -3.40. The normalized spacial score (nSPS) is 19.3. The number of benzene rings is 1. The molecule has 0 spiro atoms. The molecule has 1 aromatic rings. The lowest BCUT2D eigenvalue weighted by molar-refractivity contribution is 0.485. The highest BCUT2D eigenvalue weighted by Gasteiger charge is 2.27. The van der Waals surface area contributed by atoms with Crippen LogP contribution >= 0.6 is 0 Å². The second-order valence-electron chi connectivity index (χ2n) is 6.34. The molecule has 0 aromatic heterocycles. The average Bonchev–Trinajstić information content (AvgIpc) is 3.04. The summed E-state index contributed by atoms with van der Waals surface area (Å²) in [6.45, 7) is 2.84. The fourth-order valence-electron chi connectivity index (χ4n) is 3.02. The quantitative estimate of drug-likeness (QED) is 0.787. The number of rotatable bonds is 3. The molecular weight excluding hydrogens is 306 g/mol. The molecule has 1 aromatic carbocycles. The van der Waals surface area contributed by atoms with Crippen molar-refractivity contribution in [2.24, 2.45) is 0 Å². The third kappa shape index (κ3) is 3.84. The van der Waals surface area contributed by atoms with Gasteiger partial charge in [-0.05, 0) is 62.0 Å². The minimum absolute atomic E-state index is 0.368. The lowest BCUT2D eigenvalue weighted by atomic mass is 9.95. The molecule has 1 heterocycles. The van der Waals surface area contributed by atoms with E-state index in [1.807, 2.05) is 31.2 Å². The van der Waals surface area contributed by atoms with E-state index >= 15 is 0 Å². The maximum absolute atomic E-state index is 12.7. The Bertz CT molecular complexity index is 758. The van der Waals surface area contributed by atoms with Gasteiger partial charge in [-0.2, -0.15) is 4.31 Å². The van der Waals surface area contributed by atoms with Gasteiger partial charge in [0.2, 0.25) is 10.0 Å². The summed E-state index contributed by atoms with van der Waals surface area (Å²) in [5, 5.41) is 0. The van der Waals surface area contributed by atoms with Crippen molar-refractivity contribution < 1.29 is 8.42 Å². The fourth-order valence-corrected chi connectivity index (χ4v) is 4.38. The predicted octanol–water partition coefficient (Wildman–Crippen LogP) is 3.97. The molecule has 23 heavy (non-hydrogen) atoms. The van der Waals surface area contributed by atoms with Gasteiger partial charge in [-0.3, -0.25) is 0 Å². The van der Waals surface area contributed by atoms with Gasteiger partial charge in [0.1, 0.15) is 0 Å². The van der Waals surface area contributed by atoms with Crippen LogP contribution in [0.15, 0.2) is 58.2 Å². The molecule has 0 bridgehead atoms. The fraction of sp³-hybridized carbons (Fsp3) is 0.421. The molecule has 1 aliphatic carbocycles. The Kier molecular flexibility index (Phi) is 4.86. The molecule has 0 N–H and O–H groups in total. The largest absolute Gasteiger partial charge is 0.243 e. The molecule has 0 atom stereocenters. The average molecular weight is 329 g/mol. The van der Waals surface area contributed by atoms with E-state index in [0.29, 0.717) is 18.0 Å². The molecule has 3 rings (SSSR count). The number of sulfonamides is 1. The minimum atomic E-state index is -3.40. The SMILES string of the molecule is Cc1ccc(S(=O)(=O)N2CC=C(C=C=C3CCCCC3)C2)cc1. The molecule has 122 valence electrons. The number of hydrogen-bond donors (Lipinski definition) is 0. The first-order chi connectivity index (χ1) is 11.1. The molecular formula is C19H23NO2S. The van der Waals surface area contributed by atoms with Crippen molar-refractivity contribution >= 4 is 10.0 Å². The zero-order chi connectivity index (χ0) is 16.3. The monoisotopic (exact) mass is 329 g/mol. The summed E-state index contributed by atoms with van der Waals surface area (Å²) in [6, 6.07) is 7.04. The Morgan fingerprint density at radius 1 is 1.09 bits per heavy atom. The van der Waals surface area contributed by atoms with E-state index in [4.69, 9.17) is 0 Å². The molecule has 1 fully saturated rings. The first kappa shape index (κ1) is 16.3. The lowest BCUT2D eigenvalue weighted by Crippen LogP contribution is -2.29. The third-order valence-corrected chi connectivity index (χ3v) is 6.32. The van der Waals surface area contributed by atoms with E-state index in [2.05, 4.69) is 5.73 Å². The lowest BCUT2D eigenvalue weighted by Gasteiger charge is -2.16. The minimum Gasteiger partial charge on any atom is -0.207 e. The molecule has 1 aliphatic heterocycles. The van der Waals surface area contributed by atoms with E-state index in [1.54, 1.807) is 12.1 Å². The van der Waals surface area contributed by atoms with Gasteiger partial charge < -0.3 is 0 Å². The number of aryl methyl sites for hydroxylation is 1. The first-order valence-corrected chi connectivity index (χ1v) is 9.70. The van der Waals surface area contributed by atoms with Gasteiger partial charge in [0, 0.05) is 13.1 Å². The van der Waals surface area contributed by atoms with Crippen LogP contribution in [-0.2, 0) is 10.0 Å². The van der Waals surface area contributed by atoms with Crippen molar-refractivity contribution in [1.82, 2.24) is 4.31 Å². The molecule has 3 nitrogen and oxygen atoms in total. The maximum atomic E-state index is 12.7. The van der Waals surface area contributed by atoms with Crippen molar-refractivity contribution in [3.8, 4) is 0 Å². The summed E-state index contributed by atoms with van der Waals surface area (Å²) < 4.78 is 26.8. The summed E-state index contributed by atoms with van der Waals surface area (Å²) in [5.74, 6) is 0. The van der Waals surface area contributed by atoms with E-state index in [0.717, 1.165) is 24.0 Å². The summed E-state index contributed by atoms with van der Waals surface area (Å²) in [6.07, 6.45) is 10.1.